The van der Waals surface area contributed by atoms with Gasteiger partial charge in [-0.25, -0.2) is 4.68 Å². The predicted octanol–water partition coefficient (Wildman–Crippen LogP) is 7.35. The van der Waals surface area contributed by atoms with Crippen LogP contribution in [-0.4, -0.2) is 32.5 Å². The van der Waals surface area contributed by atoms with Crippen LogP contribution >= 0.6 is 0 Å². The van der Waals surface area contributed by atoms with Crippen molar-refractivity contribution in [2.24, 2.45) is 0 Å². The maximum Gasteiger partial charge on any atom is 0.271 e. The van der Waals surface area contributed by atoms with Crippen molar-refractivity contribution in [3.8, 4) is 28.8 Å². The van der Waals surface area contributed by atoms with Crippen molar-refractivity contribution in [1.82, 2.24) is 14.7 Å². The Morgan fingerprint density at radius 1 is 0.932 bits per heavy atom. The molecular formula is C37H34N4O3. The number of carbonyl (C=O) groups excluding carboxylic acids is 2. The van der Waals surface area contributed by atoms with E-state index >= 15 is 0 Å². The molecule has 44 heavy (non-hydrogen) atoms. The van der Waals surface area contributed by atoms with Gasteiger partial charge in [-0.3, -0.25) is 14.5 Å². The van der Waals surface area contributed by atoms with Gasteiger partial charge < -0.3 is 4.74 Å². The van der Waals surface area contributed by atoms with E-state index in [4.69, 9.17) is 9.84 Å². The fourth-order valence-corrected chi connectivity index (χ4v) is 6.05. The minimum absolute atomic E-state index is 0.0224. The highest BCUT2D eigenvalue weighted by molar-refractivity contribution is 6.20. The van der Waals surface area contributed by atoms with Crippen LogP contribution in [0.4, 0.5) is 0 Å². The molecule has 2 heterocycles. The summed E-state index contributed by atoms with van der Waals surface area (Å²) in [7, 11) is 0. The fourth-order valence-electron chi connectivity index (χ4n) is 6.05. The van der Waals surface area contributed by atoms with Crippen LogP contribution < -0.4 is 4.74 Å². The highest BCUT2D eigenvalue weighted by Crippen LogP contribution is 2.35. The average Bonchev–Trinajstić information content (AvgIpc) is 3.48. The second kappa shape index (κ2) is 12.6. The molecule has 1 saturated carbocycles. The molecule has 0 saturated heterocycles. The molecule has 2 amide bonds. The third-order valence-corrected chi connectivity index (χ3v) is 8.46. The molecule has 6 rings (SSSR count). The van der Waals surface area contributed by atoms with E-state index in [0.29, 0.717) is 29.0 Å². The standard InChI is InChI=1S/C37H34N4O3/c1-25-20-28(18-19-34(25)44-24-27-12-6-3-7-13-27)35-29(23-40(39-35)30-14-8-4-9-15-30)21-32-26(2)33(22-38)37(43)41(36(32)42)31-16-10-5-11-17-31/h3-4,6-9,12-15,18-21,23,31H,5,10-11,16-17,24H2,1-2H3/b32-21+. The number of aromatic nitrogens is 2. The number of ether oxygens (including phenoxy) is 1. The van der Waals surface area contributed by atoms with E-state index in [1.807, 2.05) is 92.0 Å². The van der Waals surface area contributed by atoms with Gasteiger partial charge in [-0.15, -0.1) is 0 Å². The van der Waals surface area contributed by atoms with E-state index in [0.717, 1.165) is 60.2 Å². The topological polar surface area (TPSA) is 88.2 Å². The van der Waals surface area contributed by atoms with E-state index < -0.39 is 5.91 Å². The van der Waals surface area contributed by atoms with Gasteiger partial charge in [-0.2, -0.15) is 10.4 Å². The Morgan fingerprint density at radius 3 is 2.32 bits per heavy atom. The Hall–Kier alpha value is -5.22. The van der Waals surface area contributed by atoms with Gasteiger partial charge in [0.15, 0.2) is 0 Å². The van der Waals surface area contributed by atoms with Gasteiger partial charge in [0.1, 0.15) is 24.0 Å². The molecule has 0 bridgehead atoms. The third-order valence-electron chi connectivity index (χ3n) is 8.46. The quantitative estimate of drug-likeness (QED) is 0.168. The van der Waals surface area contributed by atoms with Crippen LogP contribution in [0.5, 0.6) is 5.75 Å². The average molecular weight is 583 g/mol. The van der Waals surface area contributed by atoms with Crippen LogP contribution in [-0.2, 0) is 16.2 Å². The van der Waals surface area contributed by atoms with Crippen molar-refractivity contribution < 1.29 is 14.3 Å². The molecule has 4 aromatic rings. The number of carbonyl (C=O) groups is 2. The first-order valence-electron chi connectivity index (χ1n) is 15.1. The van der Waals surface area contributed by atoms with Crippen LogP contribution in [0.1, 0.15) is 55.7 Å². The van der Waals surface area contributed by atoms with E-state index in [2.05, 4.69) is 6.07 Å². The Balaban J connectivity index is 1.42. The van der Waals surface area contributed by atoms with Crippen LogP contribution in [0.25, 0.3) is 23.0 Å². The fraction of sp³-hybridized carbons (Fsp3) is 0.243. The van der Waals surface area contributed by atoms with Gasteiger partial charge in [-0.05, 0) is 79.8 Å². The van der Waals surface area contributed by atoms with E-state index in [-0.39, 0.29) is 17.5 Å². The summed E-state index contributed by atoms with van der Waals surface area (Å²) in [4.78, 5) is 28.6. The lowest BCUT2D eigenvalue weighted by Gasteiger charge is -2.36. The Labute approximate surface area is 257 Å². The first-order chi connectivity index (χ1) is 21.4. The Kier molecular flexibility index (Phi) is 8.25. The second-order valence-electron chi connectivity index (χ2n) is 11.4. The van der Waals surface area contributed by atoms with Crippen LogP contribution in [0, 0.1) is 18.3 Å². The van der Waals surface area contributed by atoms with E-state index in [1.54, 1.807) is 17.7 Å². The smallest absolute Gasteiger partial charge is 0.271 e. The van der Waals surface area contributed by atoms with Gasteiger partial charge in [0.25, 0.3) is 11.8 Å². The van der Waals surface area contributed by atoms with E-state index in [9.17, 15) is 14.9 Å². The molecule has 0 N–H and O–H groups in total. The monoisotopic (exact) mass is 582 g/mol. The molecule has 0 radical (unpaired) electrons. The molecule has 1 aliphatic carbocycles. The largest absolute Gasteiger partial charge is 0.489 e. The molecule has 1 fully saturated rings. The first-order valence-corrected chi connectivity index (χ1v) is 15.1. The van der Waals surface area contributed by atoms with Crippen LogP contribution in [0.3, 0.4) is 0 Å². The summed E-state index contributed by atoms with van der Waals surface area (Å²) >= 11 is 0. The zero-order valence-electron chi connectivity index (χ0n) is 25.0. The first kappa shape index (κ1) is 28.9. The van der Waals surface area contributed by atoms with Gasteiger partial charge in [-0.1, -0.05) is 67.8 Å². The van der Waals surface area contributed by atoms with Crippen molar-refractivity contribution in [2.75, 3.05) is 0 Å². The van der Waals surface area contributed by atoms with Crippen molar-refractivity contribution >= 4 is 17.9 Å². The SMILES string of the molecule is CC1=C(C#N)C(=O)N(C2CCCCC2)C(=O)/C1=C/c1cn(-c2ccccc2)nc1-c1ccc(OCc2ccccc2)c(C)c1. The molecule has 1 aromatic heterocycles. The Bertz CT molecular complexity index is 1810. The van der Waals surface area contributed by atoms with Crippen LogP contribution in [0.15, 0.2) is 102 Å². The lowest BCUT2D eigenvalue weighted by molar-refractivity contribution is -0.143. The maximum atomic E-state index is 14.0. The second-order valence-corrected chi connectivity index (χ2v) is 11.4. The number of nitriles is 1. The number of imide groups is 1. The maximum absolute atomic E-state index is 14.0. The minimum Gasteiger partial charge on any atom is -0.489 e. The highest BCUT2D eigenvalue weighted by Gasteiger charge is 2.40. The molecule has 0 atom stereocenters. The third kappa shape index (κ3) is 5.71. The number of nitrogens with zero attached hydrogens (tertiary/aromatic N) is 4. The molecule has 7 heteroatoms. The van der Waals surface area contributed by atoms with Crippen molar-refractivity contribution in [3.63, 3.8) is 0 Å². The normalized spacial score (nSPS) is 16.8. The Morgan fingerprint density at radius 2 is 1.64 bits per heavy atom. The molecule has 3 aromatic carbocycles. The van der Waals surface area contributed by atoms with Gasteiger partial charge >= 0.3 is 0 Å². The lowest BCUT2D eigenvalue weighted by atomic mass is 9.88. The highest BCUT2D eigenvalue weighted by atomic mass is 16.5. The molecular weight excluding hydrogens is 548 g/mol. The number of hydrogen-bond donors (Lipinski definition) is 0. The lowest BCUT2D eigenvalue weighted by Crippen LogP contribution is -2.49. The summed E-state index contributed by atoms with van der Waals surface area (Å²) in [5.74, 6) is -0.0554. The summed E-state index contributed by atoms with van der Waals surface area (Å²) < 4.78 is 7.91. The number of rotatable bonds is 7. The summed E-state index contributed by atoms with van der Waals surface area (Å²) in [6, 6.07) is 27.6. The van der Waals surface area contributed by atoms with Gasteiger partial charge in [0.05, 0.1) is 11.4 Å². The van der Waals surface area contributed by atoms with Crippen LogP contribution in [0.2, 0.25) is 0 Å². The number of para-hydroxylation sites is 1. The molecule has 1 aliphatic heterocycles. The van der Waals surface area contributed by atoms with Crippen molar-refractivity contribution in [3.05, 3.63) is 118 Å². The minimum atomic E-state index is -0.485. The molecule has 7 nitrogen and oxygen atoms in total. The number of amides is 2. The number of hydrogen-bond acceptors (Lipinski definition) is 5. The summed E-state index contributed by atoms with van der Waals surface area (Å²) in [5, 5.41) is 14.9. The summed E-state index contributed by atoms with van der Waals surface area (Å²) in [5.41, 5.74) is 5.94. The molecule has 0 unspecified atom stereocenters. The van der Waals surface area contributed by atoms with Gasteiger partial charge in [0, 0.05) is 28.9 Å². The van der Waals surface area contributed by atoms with Crippen molar-refractivity contribution in [2.45, 2.75) is 58.6 Å². The zero-order valence-corrected chi connectivity index (χ0v) is 25.0. The van der Waals surface area contributed by atoms with Gasteiger partial charge in [0.2, 0.25) is 0 Å². The number of benzene rings is 3. The summed E-state index contributed by atoms with van der Waals surface area (Å²) in [6.45, 7) is 4.15. The zero-order chi connectivity index (χ0) is 30.6. The molecule has 0 spiro atoms. The molecule has 220 valence electrons. The molecule has 2 aliphatic rings. The predicted molar refractivity (Wildman–Crippen MR) is 170 cm³/mol. The summed E-state index contributed by atoms with van der Waals surface area (Å²) in [6.07, 6.45) is 8.21. The number of aryl methyl sites for hydroxylation is 1. The van der Waals surface area contributed by atoms with Crippen molar-refractivity contribution in [1.29, 1.82) is 5.26 Å². The van der Waals surface area contributed by atoms with E-state index in [1.165, 1.54) is 4.90 Å².